The van der Waals surface area contributed by atoms with Crippen molar-refractivity contribution >= 4 is 5.91 Å². The predicted octanol–water partition coefficient (Wildman–Crippen LogP) is 1.30. The molecule has 2 aromatic rings. The summed E-state index contributed by atoms with van der Waals surface area (Å²) in [5.41, 5.74) is 2.33. The van der Waals surface area contributed by atoms with Gasteiger partial charge in [0.15, 0.2) is 0 Å². The minimum Gasteiger partial charge on any atom is -0.370 e. The molecule has 6 heteroatoms. The standard InChI is InChI=1S/C17H19N3O3/c1-12-9-13(5-6-18-12)15-11-20(7-8-23-15)17(22)14-3-4-16(21)19(2)10-14/h3-6,9-10,15H,7-8,11H2,1-2H3. The van der Waals surface area contributed by atoms with Gasteiger partial charge in [0.25, 0.3) is 5.91 Å². The summed E-state index contributed by atoms with van der Waals surface area (Å²) in [6, 6.07) is 6.88. The van der Waals surface area contributed by atoms with E-state index in [-0.39, 0.29) is 17.6 Å². The number of amides is 1. The Morgan fingerprint density at radius 2 is 2.17 bits per heavy atom. The van der Waals surface area contributed by atoms with Gasteiger partial charge < -0.3 is 14.2 Å². The first kappa shape index (κ1) is 15.4. The molecule has 0 bridgehead atoms. The number of carbonyl (C=O) groups excluding carboxylic acids is 1. The van der Waals surface area contributed by atoms with Gasteiger partial charge in [0.2, 0.25) is 5.56 Å². The molecule has 1 amide bonds. The fourth-order valence-corrected chi connectivity index (χ4v) is 2.71. The van der Waals surface area contributed by atoms with Crippen molar-refractivity contribution in [2.24, 2.45) is 7.05 Å². The van der Waals surface area contributed by atoms with Gasteiger partial charge in [-0.05, 0) is 30.7 Å². The largest absolute Gasteiger partial charge is 0.370 e. The number of pyridine rings is 2. The van der Waals surface area contributed by atoms with E-state index in [9.17, 15) is 9.59 Å². The second-order valence-electron chi connectivity index (χ2n) is 5.71. The summed E-state index contributed by atoms with van der Waals surface area (Å²) in [7, 11) is 1.64. The Labute approximate surface area is 134 Å². The van der Waals surface area contributed by atoms with Crippen LogP contribution in [-0.2, 0) is 11.8 Å². The smallest absolute Gasteiger partial charge is 0.255 e. The van der Waals surface area contributed by atoms with Crippen LogP contribution in [0.5, 0.6) is 0 Å². The van der Waals surface area contributed by atoms with Crippen LogP contribution in [0.3, 0.4) is 0 Å². The van der Waals surface area contributed by atoms with Crippen molar-refractivity contribution in [1.82, 2.24) is 14.5 Å². The zero-order valence-corrected chi connectivity index (χ0v) is 13.2. The molecule has 0 spiro atoms. The SMILES string of the molecule is Cc1cc(C2CN(C(=O)c3ccc(=O)n(C)c3)CCO2)ccn1. The summed E-state index contributed by atoms with van der Waals surface area (Å²) in [4.78, 5) is 30.1. The van der Waals surface area contributed by atoms with Gasteiger partial charge in [0.05, 0.1) is 18.7 Å². The minimum atomic E-state index is -0.151. The molecule has 1 aliphatic heterocycles. The zero-order valence-electron chi connectivity index (χ0n) is 13.2. The summed E-state index contributed by atoms with van der Waals surface area (Å²) in [6.07, 6.45) is 3.18. The number of nitrogens with zero attached hydrogens (tertiary/aromatic N) is 3. The van der Waals surface area contributed by atoms with Crippen molar-refractivity contribution < 1.29 is 9.53 Å². The van der Waals surface area contributed by atoms with Crippen LogP contribution in [0, 0.1) is 6.92 Å². The highest BCUT2D eigenvalue weighted by atomic mass is 16.5. The van der Waals surface area contributed by atoms with E-state index >= 15 is 0 Å². The highest BCUT2D eigenvalue weighted by molar-refractivity contribution is 5.94. The first-order chi connectivity index (χ1) is 11.0. The quantitative estimate of drug-likeness (QED) is 0.838. The lowest BCUT2D eigenvalue weighted by atomic mass is 10.1. The third-order valence-corrected chi connectivity index (χ3v) is 3.98. The maximum absolute atomic E-state index is 12.6. The van der Waals surface area contributed by atoms with E-state index < -0.39 is 0 Å². The Bertz CT molecular complexity index is 785. The lowest BCUT2D eigenvalue weighted by Gasteiger charge is -2.33. The number of ether oxygens (including phenoxy) is 1. The van der Waals surface area contributed by atoms with Crippen molar-refractivity contribution in [2.75, 3.05) is 19.7 Å². The van der Waals surface area contributed by atoms with Crippen molar-refractivity contribution in [1.29, 1.82) is 0 Å². The van der Waals surface area contributed by atoms with E-state index in [2.05, 4.69) is 4.98 Å². The van der Waals surface area contributed by atoms with Gasteiger partial charge in [0.1, 0.15) is 6.10 Å². The van der Waals surface area contributed by atoms with Crippen molar-refractivity contribution in [3.63, 3.8) is 0 Å². The Hall–Kier alpha value is -2.47. The van der Waals surface area contributed by atoms with Gasteiger partial charge in [-0.2, -0.15) is 0 Å². The number of hydrogen-bond acceptors (Lipinski definition) is 4. The molecule has 0 saturated carbocycles. The fourth-order valence-electron chi connectivity index (χ4n) is 2.71. The van der Waals surface area contributed by atoms with E-state index in [4.69, 9.17) is 4.74 Å². The molecular weight excluding hydrogens is 294 g/mol. The molecule has 2 aromatic heterocycles. The molecule has 3 rings (SSSR count). The van der Waals surface area contributed by atoms with Crippen LogP contribution in [0.1, 0.15) is 27.7 Å². The van der Waals surface area contributed by atoms with Gasteiger partial charge in [-0.25, -0.2) is 0 Å². The molecule has 1 saturated heterocycles. The molecule has 1 atom stereocenters. The normalized spacial score (nSPS) is 18.0. The lowest BCUT2D eigenvalue weighted by Crippen LogP contribution is -2.42. The van der Waals surface area contributed by atoms with E-state index in [1.165, 1.54) is 10.6 Å². The molecule has 120 valence electrons. The average Bonchev–Trinajstić information content (AvgIpc) is 2.57. The molecular formula is C17H19N3O3. The zero-order chi connectivity index (χ0) is 16.4. The van der Waals surface area contributed by atoms with Crippen LogP contribution in [0.15, 0.2) is 41.5 Å². The van der Waals surface area contributed by atoms with E-state index in [1.54, 1.807) is 30.4 Å². The van der Waals surface area contributed by atoms with Crippen molar-refractivity contribution in [3.8, 4) is 0 Å². The molecule has 1 unspecified atom stereocenters. The summed E-state index contributed by atoms with van der Waals surface area (Å²) in [6.45, 7) is 3.45. The second kappa shape index (κ2) is 6.34. The molecule has 6 nitrogen and oxygen atoms in total. The van der Waals surface area contributed by atoms with Gasteiger partial charge in [-0.3, -0.25) is 14.6 Å². The molecule has 1 fully saturated rings. The molecule has 0 aliphatic carbocycles. The summed E-state index contributed by atoms with van der Waals surface area (Å²) < 4.78 is 7.22. The topological polar surface area (TPSA) is 64.4 Å². The van der Waals surface area contributed by atoms with Crippen molar-refractivity contribution in [2.45, 2.75) is 13.0 Å². The third kappa shape index (κ3) is 3.32. The highest BCUT2D eigenvalue weighted by Gasteiger charge is 2.26. The van der Waals surface area contributed by atoms with Gasteiger partial charge in [0, 0.05) is 37.7 Å². The summed E-state index contributed by atoms with van der Waals surface area (Å²) in [5, 5.41) is 0. The fraction of sp³-hybridized carbons (Fsp3) is 0.353. The number of carbonyl (C=O) groups is 1. The molecule has 23 heavy (non-hydrogen) atoms. The Balaban J connectivity index is 1.79. The van der Waals surface area contributed by atoms with Crippen molar-refractivity contribution in [3.05, 3.63) is 63.8 Å². The minimum absolute atomic E-state index is 0.0836. The van der Waals surface area contributed by atoms with Gasteiger partial charge in [-0.15, -0.1) is 0 Å². The van der Waals surface area contributed by atoms with Crippen LogP contribution in [-0.4, -0.2) is 40.1 Å². The van der Waals surface area contributed by atoms with Crippen LogP contribution in [0.25, 0.3) is 0 Å². The van der Waals surface area contributed by atoms with Crippen LogP contribution in [0.4, 0.5) is 0 Å². The maximum atomic E-state index is 12.6. The second-order valence-corrected chi connectivity index (χ2v) is 5.71. The van der Waals surface area contributed by atoms with Crippen LogP contribution >= 0.6 is 0 Å². The van der Waals surface area contributed by atoms with Crippen LogP contribution in [0.2, 0.25) is 0 Å². The first-order valence-corrected chi connectivity index (χ1v) is 7.55. The number of aryl methyl sites for hydroxylation is 2. The maximum Gasteiger partial charge on any atom is 0.255 e. The van der Waals surface area contributed by atoms with Gasteiger partial charge >= 0.3 is 0 Å². The molecule has 0 radical (unpaired) electrons. The van der Waals surface area contributed by atoms with E-state index in [1.807, 2.05) is 19.1 Å². The molecule has 0 N–H and O–H groups in total. The molecule has 0 aromatic carbocycles. The van der Waals surface area contributed by atoms with E-state index in [0.717, 1.165) is 11.3 Å². The average molecular weight is 313 g/mol. The third-order valence-electron chi connectivity index (χ3n) is 3.98. The molecule has 3 heterocycles. The predicted molar refractivity (Wildman–Crippen MR) is 85.3 cm³/mol. The highest BCUT2D eigenvalue weighted by Crippen LogP contribution is 2.23. The Kier molecular flexibility index (Phi) is 4.25. The number of hydrogen-bond donors (Lipinski definition) is 0. The summed E-state index contributed by atoms with van der Waals surface area (Å²) in [5.74, 6) is -0.0836. The first-order valence-electron chi connectivity index (χ1n) is 7.55. The lowest BCUT2D eigenvalue weighted by molar-refractivity contribution is -0.0229. The summed E-state index contributed by atoms with van der Waals surface area (Å²) >= 11 is 0. The van der Waals surface area contributed by atoms with Gasteiger partial charge in [-0.1, -0.05) is 0 Å². The number of morpholine rings is 1. The van der Waals surface area contributed by atoms with E-state index in [0.29, 0.717) is 25.3 Å². The number of rotatable bonds is 2. The Morgan fingerprint density at radius 3 is 2.91 bits per heavy atom. The Morgan fingerprint density at radius 1 is 1.35 bits per heavy atom. The number of aromatic nitrogens is 2. The molecule has 1 aliphatic rings. The monoisotopic (exact) mass is 313 g/mol. The van der Waals surface area contributed by atoms with Crippen LogP contribution < -0.4 is 5.56 Å².